The molecule has 4 rings (SSSR count). The molecule has 0 aromatic heterocycles. The first-order chi connectivity index (χ1) is 15.8. The van der Waals surface area contributed by atoms with Crippen LogP contribution >= 0.6 is 0 Å². The fraction of sp³-hybridized carbons (Fsp3) is 0.433. The Kier molecular flexibility index (Phi) is 5.60. The first kappa shape index (κ1) is 24.3. The Hall–Kier alpha value is -2.85. The van der Waals surface area contributed by atoms with E-state index in [1.807, 2.05) is 52.0 Å². The molecule has 1 aromatic rings. The summed E-state index contributed by atoms with van der Waals surface area (Å²) in [4.78, 5) is 40.1. The van der Waals surface area contributed by atoms with Crippen molar-refractivity contribution in [3.05, 3.63) is 80.5 Å². The lowest BCUT2D eigenvalue weighted by Crippen LogP contribution is -2.48. The van der Waals surface area contributed by atoms with Crippen molar-refractivity contribution in [3.8, 4) is 0 Å². The quantitative estimate of drug-likeness (QED) is 0.567. The Bertz CT molecular complexity index is 1260. The van der Waals surface area contributed by atoms with Crippen molar-refractivity contribution in [1.82, 2.24) is 0 Å². The van der Waals surface area contributed by atoms with E-state index >= 15 is 0 Å². The molecule has 1 N–H and O–H groups in total. The first-order valence-corrected chi connectivity index (χ1v) is 12.1. The number of rotatable bonds is 4. The number of carbonyl (C=O) groups is 3. The Labute approximate surface area is 202 Å². The smallest absolute Gasteiger partial charge is 0.171 e. The molecular weight excluding hydrogens is 424 g/mol. The molecule has 3 aliphatic rings. The van der Waals surface area contributed by atoms with Gasteiger partial charge in [0.15, 0.2) is 17.9 Å². The zero-order valence-electron chi connectivity index (χ0n) is 21.4. The Morgan fingerprint density at radius 3 is 2.21 bits per heavy atom. The molecule has 0 heterocycles. The fourth-order valence-electron chi connectivity index (χ4n) is 6.30. The summed E-state index contributed by atoms with van der Waals surface area (Å²) in [5.74, 6) is -1.21. The first-order valence-electron chi connectivity index (χ1n) is 12.1. The molecule has 0 radical (unpaired) electrons. The van der Waals surface area contributed by atoms with Gasteiger partial charge in [-0.3, -0.25) is 14.4 Å². The topological polar surface area (TPSA) is 71.4 Å². The average Bonchev–Trinajstić information content (AvgIpc) is 3.02. The summed E-state index contributed by atoms with van der Waals surface area (Å²) in [5, 5.41) is 12.1. The second-order valence-electron chi connectivity index (χ2n) is 10.9. The maximum atomic E-state index is 14.2. The van der Waals surface area contributed by atoms with Gasteiger partial charge in [-0.15, -0.1) is 0 Å². The van der Waals surface area contributed by atoms with Crippen LogP contribution in [0.5, 0.6) is 0 Å². The molecule has 0 fully saturated rings. The SMILES string of the molecule is CC1=CC(=O)C2(C3C(=O)c4c(cc(C(C)C)c(C=O)c4C)C3(C)O)C(C)=CC=C(C(C)C)C=C12. The Balaban J connectivity index is 2.05. The molecule has 34 heavy (non-hydrogen) atoms. The van der Waals surface area contributed by atoms with Crippen LogP contribution in [0.25, 0.3) is 0 Å². The van der Waals surface area contributed by atoms with Gasteiger partial charge >= 0.3 is 0 Å². The highest BCUT2D eigenvalue weighted by Crippen LogP contribution is 2.61. The molecule has 3 atom stereocenters. The van der Waals surface area contributed by atoms with E-state index in [4.69, 9.17) is 0 Å². The molecule has 0 amide bonds. The molecule has 3 unspecified atom stereocenters. The maximum absolute atomic E-state index is 14.2. The lowest BCUT2D eigenvalue weighted by atomic mass is 9.59. The van der Waals surface area contributed by atoms with Crippen molar-refractivity contribution in [1.29, 1.82) is 0 Å². The van der Waals surface area contributed by atoms with Crippen LogP contribution in [0.15, 0.2) is 52.7 Å². The van der Waals surface area contributed by atoms with Crippen LogP contribution in [0.1, 0.15) is 91.8 Å². The molecule has 0 saturated heterocycles. The van der Waals surface area contributed by atoms with Crippen molar-refractivity contribution in [3.63, 3.8) is 0 Å². The monoisotopic (exact) mass is 458 g/mol. The number of aliphatic hydroxyl groups is 1. The zero-order valence-corrected chi connectivity index (χ0v) is 21.4. The average molecular weight is 459 g/mol. The van der Waals surface area contributed by atoms with Crippen LogP contribution in [-0.4, -0.2) is 23.0 Å². The van der Waals surface area contributed by atoms with E-state index < -0.39 is 16.9 Å². The summed E-state index contributed by atoms with van der Waals surface area (Å²) in [6.07, 6.45) is 8.39. The van der Waals surface area contributed by atoms with Gasteiger partial charge < -0.3 is 5.11 Å². The van der Waals surface area contributed by atoms with Gasteiger partial charge in [0.25, 0.3) is 0 Å². The number of hydrogen-bond donors (Lipinski definition) is 1. The normalized spacial score (nSPS) is 28.4. The summed E-state index contributed by atoms with van der Waals surface area (Å²) in [7, 11) is 0. The van der Waals surface area contributed by atoms with Crippen LogP contribution in [0, 0.1) is 24.2 Å². The van der Waals surface area contributed by atoms with Gasteiger partial charge in [0.05, 0.1) is 16.9 Å². The number of benzene rings is 1. The Morgan fingerprint density at radius 1 is 1.00 bits per heavy atom. The second kappa shape index (κ2) is 7.84. The van der Waals surface area contributed by atoms with Crippen LogP contribution in [0.3, 0.4) is 0 Å². The zero-order chi connectivity index (χ0) is 25.3. The highest BCUT2D eigenvalue weighted by Gasteiger charge is 2.65. The van der Waals surface area contributed by atoms with E-state index in [-0.39, 0.29) is 23.4 Å². The van der Waals surface area contributed by atoms with E-state index in [1.165, 1.54) is 0 Å². The lowest BCUT2D eigenvalue weighted by Gasteiger charge is -2.42. The number of hydrogen-bond acceptors (Lipinski definition) is 4. The minimum Gasteiger partial charge on any atom is -0.385 e. The molecule has 178 valence electrons. The van der Waals surface area contributed by atoms with Gasteiger partial charge in [0, 0.05) is 11.1 Å². The molecule has 3 aliphatic carbocycles. The molecule has 4 nitrogen and oxygen atoms in total. The van der Waals surface area contributed by atoms with Crippen molar-refractivity contribution in [2.45, 2.75) is 66.9 Å². The summed E-state index contributed by atoms with van der Waals surface area (Å²) in [6, 6.07) is 1.81. The van der Waals surface area contributed by atoms with Gasteiger partial charge in [0.1, 0.15) is 0 Å². The molecule has 1 aromatic carbocycles. The van der Waals surface area contributed by atoms with E-state index in [2.05, 4.69) is 13.8 Å². The summed E-state index contributed by atoms with van der Waals surface area (Å²) in [6.45, 7) is 15.4. The minimum absolute atomic E-state index is 0.0390. The standard InChI is InChI=1S/C30H34O4/c1-15(2)20-10-9-18(6)30(23(12-20)17(5)11-25(30)32)28-27(33)26-19(7)22(14-31)21(16(3)4)13-24(26)29(28,8)34/h9-16,28,34H,1-8H3. The number of carbonyl (C=O) groups excluding carboxylic acids is 3. The predicted molar refractivity (Wildman–Crippen MR) is 134 cm³/mol. The van der Waals surface area contributed by atoms with Crippen LogP contribution < -0.4 is 0 Å². The van der Waals surface area contributed by atoms with E-state index in [1.54, 1.807) is 19.9 Å². The highest BCUT2D eigenvalue weighted by molar-refractivity contribution is 6.15. The van der Waals surface area contributed by atoms with Crippen molar-refractivity contribution in [2.24, 2.45) is 17.3 Å². The van der Waals surface area contributed by atoms with Crippen LogP contribution in [0.2, 0.25) is 0 Å². The predicted octanol–water partition coefficient (Wildman–Crippen LogP) is 5.94. The third-order valence-electron chi connectivity index (χ3n) is 8.16. The van der Waals surface area contributed by atoms with Gasteiger partial charge in [-0.2, -0.15) is 0 Å². The molecular formula is C30H34O4. The Morgan fingerprint density at radius 2 is 1.65 bits per heavy atom. The number of fused-ring (bicyclic) bond motifs is 2. The van der Waals surface area contributed by atoms with Gasteiger partial charge in [-0.05, 0) is 79.0 Å². The number of allylic oxidation sites excluding steroid dienone is 8. The minimum atomic E-state index is -1.59. The van der Waals surface area contributed by atoms with Crippen molar-refractivity contribution >= 4 is 17.9 Å². The largest absolute Gasteiger partial charge is 0.385 e. The lowest BCUT2D eigenvalue weighted by molar-refractivity contribution is -0.125. The molecule has 4 heteroatoms. The van der Waals surface area contributed by atoms with Crippen molar-refractivity contribution < 1.29 is 19.5 Å². The number of aldehydes is 1. The fourth-order valence-corrected chi connectivity index (χ4v) is 6.30. The maximum Gasteiger partial charge on any atom is 0.171 e. The molecule has 0 bridgehead atoms. The summed E-state index contributed by atoms with van der Waals surface area (Å²) in [5.41, 5.74) is 3.31. The van der Waals surface area contributed by atoms with Gasteiger partial charge in [-0.25, -0.2) is 0 Å². The third-order valence-corrected chi connectivity index (χ3v) is 8.16. The third kappa shape index (κ3) is 2.97. The van der Waals surface area contributed by atoms with Crippen LogP contribution in [0.4, 0.5) is 0 Å². The van der Waals surface area contributed by atoms with Crippen LogP contribution in [-0.2, 0) is 10.4 Å². The highest BCUT2D eigenvalue weighted by atomic mass is 16.3. The van der Waals surface area contributed by atoms with E-state index in [9.17, 15) is 19.5 Å². The molecule has 0 aliphatic heterocycles. The number of Topliss-reactive ketones (excluding diaryl/α,β-unsaturated/α-hetero) is 1. The second-order valence-corrected chi connectivity index (χ2v) is 10.9. The van der Waals surface area contributed by atoms with E-state index in [0.717, 1.165) is 34.1 Å². The van der Waals surface area contributed by atoms with E-state index in [0.29, 0.717) is 22.3 Å². The van der Waals surface area contributed by atoms with Gasteiger partial charge in [0.2, 0.25) is 0 Å². The van der Waals surface area contributed by atoms with Crippen molar-refractivity contribution in [2.75, 3.05) is 0 Å². The number of ketones is 2. The molecule has 0 saturated carbocycles. The van der Waals surface area contributed by atoms with Gasteiger partial charge in [-0.1, -0.05) is 57.6 Å². The summed E-state index contributed by atoms with van der Waals surface area (Å²) < 4.78 is 0. The summed E-state index contributed by atoms with van der Waals surface area (Å²) >= 11 is 0. The molecule has 0 spiro atoms.